The molecule has 0 bridgehead atoms. The third kappa shape index (κ3) is 3.55. The number of hydrogen-bond donors (Lipinski definition) is 2. The van der Waals surface area contributed by atoms with E-state index in [0.717, 1.165) is 35.2 Å². The van der Waals surface area contributed by atoms with Crippen LogP contribution in [0.1, 0.15) is 29.5 Å². The molecule has 0 unspecified atom stereocenters. The molecular weight excluding hydrogens is 316 g/mol. The molecule has 1 saturated carbocycles. The summed E-state index contributed by atoms with van der Waals surface area (Å²) < 4.78 is 10.7. The maximum absolute atomic E-state index is 12.5. The minimum atomic E-state index is -0.332. The summed E-state index contributed by atoms with van der Waals surface area (Å²) in [5.74, 6) is 1.35. The lowest BCUT2D eigenvalue weighted by Gasteiger charge is -2.20. The molecule has 132 valence electrons. The second-order valence-electron chi connectivity index (χ2n) is 6.55. The van der Waals surface area contributed by atoms with Crippen molar-refractivity contribution in [2.24, 2.45) is 0 Å². The van der Waals surface area contributed by atoms with Crippen LogP contribution in [0.25, 0.3) is 0 Å². The first-order valence-corrected chi connectivity index (χ1v) is 8.36. The number of methoxy groups -OCH3 is 2. The van der Waals surface area contributed by atoms with Crippen LogP contribution in [0.4, 0.5) is 10.5 Å². The molecule has 0 saturated heterocycles. The smallest absolute Gasteiger partial charge is 0.319 e. The molecule has 2 aromatic carbocycles. The molecule has 0 aromatic heterocycles. The van der Waals surface area contributed by atoms with Gasteiger partial charge in [0.15, 0.2) is 11.5 Å². The van der Waals surface area contributed by atoms with Gasteiger partial charge in [0.1, 0.15) is 0 Å². The fourth-order valence-electron chi connectivity index (χ4n) is 2.99. The Balaban J connectivity index is 1.76. The number of aryl methyl sites for hydroxylation is 2. The van der Waals surface area contributed by atoms with Gasteiger partial charge in [0.2, 0.25) is 0 Å². The van der Waals surface area contributed by atoms with Crippen LogP contribution < -0.4 is 20.1 Å². The fraction of sp³-hybridized carbons (Fsp3) is 0.350. The highest BCUT2D eigenvalue weighted by molar-refractivity contribution is 5.91. The Hall–Kier alpha value is -2.69. The van der Waals surface area contributed by atoms with Crippen molar-refractivity contribution < 1.29 is 14.3 Å². The predicted molar refractivity (Wildman–Crippen MR) is 98.5 cm³/mol. The van der Waals surface area contributed by atoms with E-state index < -0.39 is 0 Å². The number of ether oxygens (including phenoxy) is 2. The Labute approximate surface area is 148 Å². The predicted octanol–water partition coefficient (Wildman–Crippen LogP) is 4.13. The van der Waals surface area contributed by atoms with E-state index in [1.165, 1.54) is 0 Å². The molecule has 0 radical (unpaired) electrons. The van der Waals surface area contributed by atoms with Gasteiger partial charge in [-0.05, 0) is 61.6 Å². The minimum Gasteiger partial charge on any atom is -0.493 e. The number of urea groups is 1. The van der Waals surface area contributed by atoms with E-state index in [-0.39, 0.29) is 11.6 Å². The van der Waals surface area contributed by atoms with Crippen molar-refractivity contribution in [1.29, 1.82) is 0 Å². The summed E-state index contributed by atoms with van der Waals surface area (Å²) in [4.78, 5) is 12.5. The first-order chi connectivity index (χ1) is 12.0. The molecule has 0 atom stereocenters. The van der Waals surface area contributed by atoms with E-state index in [4.69, 9.17) is 9.47 Å². The molecular formula is C20H24N2O3. The Bertz CT molecular complexity index is 798. The molecule has 3 rings (SSSR count). The van der Waals surface area contributed by atoms with Crippen LogP contribution in [0.3, 0.4) is 0 Å². The molecule has 1 fully saturated rings. The second-order valence-corrected chi connectivity index (χ2v) is 6.55. The molecule has 1 aliphatic carbocycles. The molecule has 5 heteroatoms. The summed E-state index contributed by atoms with van der Waals surface area (Å²) in [5, 5.41) is 6.08. The highest BCUT2D eigenvalue weighted by Crippen LogP contribution is 2.47. The monoisotopic (exact) mass is 340 g/mol. The van der Waals surface area contributed by atoms with Crippen LogP contribution >= 0.6 is 0 Å². The van der Waals surface area contributed by atoms with Crippen molar-refractivity contribution in [3.63, 3.8) is 0 Å². The lowest BCUT2D eigenvalue weighted by Crippen LogP contribution is -2.38. The van der Waals surface area contributed by atoms with E-state index in [1.807, 2.05) is 50.2 Å². The molecule has 2 amide bonds. The standard InChI is InChI=1S/C20H24N2O3/c1-13-5-6-14(2)16(11-13)21-19(23)22-20(9-10-20)15-7-8-17(24-3)18(12-15)25-4/h5-8,11-12H,9-10H2,1-4H3,(H2,21,22,23). The van der Waals surface area contributed by atoms with Crippen molar-refractivity contribution in [2.45, 2.75) is 32.2 Å². The number of hydrogen-bond acceptors (Lipinski definition) is 3. The Kier molecular flexibility index (Phi) is 4.57. The maximum Gasteiger partial charge on any atom is 0.319 e. The zero-order valence-electron chi connectivity index (χ0n) is 15.1. The normalized spacial score (nSPS) is 14.6. The van der Waals surface area contributed by atoms with Gasteiger partial charge in [0, 0.05) is 5.69 Å². The third-order valence-electron chi connectivity index (χ3n) is 4.68. The SMILES string of the molecule is COc1ccc(C2(NC(=O)Nc3cc(C)ccc3C)CC2)cc1OC. The van der Waals surface area contributed by atoms with Gasteiger partial charge in [-0.3, -0.25) is 0 Å². The van der Waals surface area contributed by atoms with E-state index in [1.54, 1.807) is 14.2 Å². The van der Waals surface area contributed by atoms with Gasteiger partial charge in [0.05, 0.1) is 19.8 Å². The minimum absolute atomic E-state index is 0.194. The average Bonchev–Trinajstić information content (AvgIpc) is 3.38. The van der Waals surface area contributed by atoms with Crippen molar-refractivity contribution in [1.82, 2.24) is 5.32 Å². The number of carbonyl (C=O) groups excluding carboxylic acids is 1. The maximum atomic E-state index is 12.5. The van der Waals surface area contributed by atoms with E-state index >= 15 is 0 Å². The highest BCUT2D eigenvalue weighted by Gasteiger charge is 2.46. The Morgan fingerprint density at radius 3 is 2.36 bits per heavy atom. The van der Waals surface area contributed by atoms with Crippen molar-refractivity contribution >= 4 is 11.7 Å². The lowest BCUT2D eigenvalue weighted by molar-refractivity contribution is 0.247. The number of amides is 2. The summed E-state index contributed by atoms with van der Waals surface area (Å²) in [5.41, 5.74) is 3.68. The van der Waals surface area contributed by atoms with Crippen LogP contribution in [-0.2, 0) is 5.54 Å². The van der Waals surface area contributed by atoms with Crippen molar-refractivity contribution in [3.8, 4) is 11.5 Å². The molecule has 0 heterocycles. The number of nitrogens with one attached hydrogen (secondary N) is 2. The highest BCUT2D eigenvalue weighted by atomic mass is 16.5. The summed E-state index contributed by atoms with van der Waals surface area (Å²) in [6.07, 6.45) is 1.81. The van der Waals surface area contributed by atoms with Crippen LogP contribution in [0.5, 0.6) is 11.5 Å². The van der Waals surface area contributed by atoms with Crippen LogP contribution in [0, 0.1) is 13.8 Å². The van der Waals surface area contributed by atoms with Crippen molar-refractivity contribution in [2.75, 3.05) is 19.5 Å². The third-order valence-corrected chi connectivity index (χ3v) is 4.68. The van der Waals surface area contributed by atoms with Gasteiger partial charge in [0.25, 0.3) is 0 Å². The van der Waals surface area contributed by atoms with Gasteiger partial charge < -0.3 is 20.1 Å². The van der Waals surface area contributed by atoms with E-state index in [9.17, 15) is 4.79 Å². The topological polar surface area (TPSA) is 59.6 Å². The largest absolute Gasteiger partial charge is 0.493 e. The Morgan fingerprint density at radius 1 is 1.00 bits per heavy atom. The molecule has 2 aromatic rings. The van der Waals surface area contributed by atoms with Crippen LogP contribution in [-0.4, -0.2) is 20.3 Å². The molecule has 5 nitrogen and oxygen atoms in total. The van der Waals surface area contributed by atoms with Crippen LogP contribution in [0.15, 0.2) is 36.4 Å². The van der Waals surface area contributed by atoms with Gasteiger partial charge in [-0.1, -0.05) is 18.2 Å². The molecule has 2 N–H and O–H groups in total. The zero-order chi connectivity index (χ0) is 18.0. The van der Waals surface area contributed by atoms with Gasteiger partial charge in [-0.15, -0.1) is 0 Å². The lowest BCUT2D eigenvalue weighted by atomic mass is 10.0. The first-order valence-electron chi connectivity index (χ1n) is 8.36. The summed E-state index contributed by atoms with van der Waals surface area (Å²) in [7, 11) is 3.22. The van der Waals surface area contributed by atoms with Gasteiger partial charge in [-0.2, -0.15) is 0 Å². The van der Waals surface area contributed by atoms with Gasteiger partial charge >= 0.3 is 6.03 Å². The molecule has 0 spiro atoms. The fourth-order valence-corrected chi connectivity index (χ4v) is 2.99. The van der Waals surface area contributed by atoms with E-state index in [2.05, 4.69) is 10.6 Å². The molecule has 1 aliphatic rings. The number of benzene rings is 2. The number of anilines is 1. The molecule has 25 heavy (non-hydrogen) atoms. The van der Waals surface area contributed by atoms with Crippen LogP contribution in [0.2, 0.25) is 0 Å². The zero-order valence-corrected chi connectivity index (χ0v) is 15.1. The van der Waals surface area contributed by atoms with Crippen molar-refractivity contribution in [3.05, 3.63) is 53.1 Å². The summed E-state index contributed by atoms with van der Waals surface area (Å²) in [6, 6.07) is 11.6. The summed E-state index contributed by atoms with van der Waals surface area (Å²) >= 11 is 0. The Morgan fingerprint density at radius 2 is 1.72 bits per heavy atom. The number of rotatable bonds is 5. The second kappa shape index (κ2) is 6.67. The van der Waals surface area contributed by atoms with E-state index in [0.29, 0.717) is 11.5 Å². The number of carbonyl (C=O) groups is 1. The molecule has 0 aliphatic heterocycles. The average molecular weight is 340 g/mol. The summed E-state index contributed by atoms with van der Waals surface area (Å²) in [6.45, 7) is 3.99. The first kappa shape index (κ1) is 17.1. The van der Waals surface area contributed by atoms with Gasteiger partial charge in [-0.25, -0.2) is 4.79 Å². The quantitative estimate of drug-likeness (QED) is 0.860.